The molecule has 2 nitrogen and oxygen atoms in total. The molecule has 0 bridgehead atoms. The molecule has 0 aliphatic carbocycles. The van der Waals surface area contributed by atoms with Crippen LogP contribution in [0.25, 0.3) is 0 Å². The van der Waals surface area contributed by atoms with E-state index in [1.54, 1.807) is 0 Å². The Labute approximate surface area is 258 Å². The molecule has 2 aromatic carbocycles. The summed E-state index contributed by atoms with van der Waals surface area (Å²) in [5.41, 5.74) is 7.29. The molecule has 0 saturated heterocycles. The first-order valence-corrected chi connectivity index (χ1v) is 17.4. The lowest BCUT2D eigenvalue weighted by Gasteiger charge is -2.24. The second-order valence-corrected chi connectivity index (χ2v) is 16.3. The number of phenolic OH excluding ortho intramolecular Hbond substituents is 2. The van der Waals surface area contributed by atoms with Crippen molar-refractivity contribution in [3.63, 3.8) is 0 Å². The van der Waals surface area contributed by atoms with Crippen molar-refractivity contribution < 1.29 is 10.2 Å². The monoisotopic (exact) mass is 582 g/mol. The smallest absolute Gasteiger partial charge is 0.119 e. The van der Waals surface area contributed by atoms with Crippen LogP contribution in [0.2, 0.25) is 0 Å². The van der Waals surface area contributed by atoms with Gasteiger partial charge < -0.3 is 10.2 Å². The molecule has 0 amide bonds. The molecule has 0 aliphatic rings. The molecular weight excluding hydrogens is 520 g/mol. The molecule has 0 aliphatic heterocycles. The van der Waals surface area contributed by atoms with E-state index in [0.29, 0.717) is 22.7 Å². The van der Waals surface area contributed by atoms with Crippen molar-refractivity contribution in [1.29, 1.82) is 0 Å². The highest BCUT2D eigenvalue weighted by atomic mass is 32.2. The first-order valence-electron chi connectivity index (χ1n) is 16.4. The van der Waals surface area contributed by atoms with E-state index in [1.807, 2.05) is 12.1 Å². The van der Waals surface area contributed by atoms with E-state index in [4.69, 9.17) is 0 Å². The van der Waals surface area contributed by atoms with Crippen molar-refractivity contribution in [2.75, 3.05) is 5.75 Å². The van der Waals surface area contributed by atoms with Gasteiger partial charge in [0.05, 0.1) is 0 Å². The van der Waals surface area contributed by atoms with Crippen LogP contribution in [0.5, 0.6) is 11.5 Å². The number of thioether (sulfide) groups is 1. The van der Waals surface area contributed by atoms with Gasteiger partial charge in [0.25, 0.3) is 0 Å². The third kappa shape index (κ3) is 11.9. The fourth-order valence-electron chi connectivity index (χ4n) is 5.94. The Balaban J connectivity index is 1.55. The Morgan fingerprint density at radius 3 is 1.68 bits per heavy atom. The molecule has 2 aromatic rings. The topological polar surface area (TPSA) is 40.5 Å². The number of phenols is 2. The largest absolute Gasteiger partial charge is 0.508 e. The molecule has 2 rings (SSSR count). The van der Waals surface area contributed by atoms with Crippen molar-refractivity contribution in [3.8, 4) is 11.5 Å². The Bertz CT molecular complexity index is 1070. The maximum absolute atomic E-state index is 10.4. The predicted molar refractivity (Wildman–Crippen MR) is 183 cm³/mol. The molecule has 0 radical (unpaired) electrons. The molecule has 0 saturated carbocycles. The third-order valence-corrected chi connectivity index (χ3v) is 10.1. The Morgan fingerprint density at radius 2 is 1.12 bits per heavy atom. The fraction of sp³-hybridized carbons (Fsp3) is 0.684. The molecule has 2 atom stereocenters. The molecule has 41 heavy (non-hydrogen) atoms. The van der Waals surface area contributed by atoms with E-state index in [-0.39, 0.29) is 10.8 Å². The van der Waals surface area contributed by atoms with Crippen molar-refractivity contribution >= 4 is 11.8 Å². The van der Waals surface area contributed by atoms with Crippen molar-refractivity contribution in [1.82, 2.24) is 0 Å². The SMILES string of the molecule is Cc1cc(O)c(C(C)(C)C)cc1CCC(C)SCCCCCCCCCCC(C)c1cc(C(C)(C)C)c(O)cc1C. The van der Waals surface area contributed by atoms with Crippen molar-refractivity contribution in [2.45, 2.75) is 162 Å². The zero-order chi connectivity index (χ0) is 30.8. The maximum Gasteiger partial charge on any atom is 0.119 e. The van der Waals surface area contributed by atoms with Crippen LogP contribution >= 0.6 is 11.8 Å². The van der Waals surface area contributed by atoms with Crippen LogP contribution in [0, 0.1) is 13.8 Å². The lowest BCUT2D eigenvalue weighted by molar-refractivity contribution is 0.444. The standard InChI is InChI=1S/C38H62O2S/c1-27(32-26-34(38(8,9)10)36(40)24-29(32)3)19-17-15-13-11-12-14-16-18-22-41-30(4)20-21-31-25-33(37(5,6)7)35(39)23-28(31)2/h23-27,30,39-40H,11-22H2,1-10H3. The van der Waals surface area contributed by atoms with Crippen LogP contribution in [-0.2, 0) is 17.3 Å². The van der Waals surface area contributed by atoms with Gasteiger partial charge >= 0.3 is 0 Å². The summed E-state index contributed by atoms with van der Waals surface area (Å²) < 4.78 is 0. The molecular formula is C38H62O2S. The average Bonchev–Trinajstić information content (AvgIpc) is 2.85. The number of rotatable bonds is 16. The maximum atomic E-state index is 10.4. The van der Waals surface area contributed by atoms with Gasteiger partial charge in [0, 0.05) is 5.25 Å². The number of aromatic hydroxyl groups is 2. The number of unbranched alkanes of at least 4 members (excludes halogenated alkanes) is 7. The summed E-state index contributed by atoms with van der Waals surface area (Å²) >= 11 is 2.13. The van der Waals surface area contributed by atoms with Gasteiger partial charge in [-0.25, -0.2) is 0 Å². The van der Waals surface area contributed by atoms with Gasteiger partial charge in [-0.05, 0) is 108 Å². The van der Waals surface area contributed by atoms with E-state index in [1.165, 1.54) is 92.2 Å². The highest BCUT2D eigenvalue weighted by Gasteiger charge is 2.22. The molecule has 232 valence electrons. The van der Waals surface area contributed by atoms with Gasteiger partial charge in [0.15, 0.2) is 0 Å². The van der Waals surface area contributed by atoms with Crippen LogP contribution in [0.1, 0.15) is 159 Å². The summed E-state index contributed by atoms with van der Waals surface area (Å²) in [6.07, 6.45) is 14.3. The van der Waals surface area contributed by atoms with E-state index in [9.17, 15) is 10.2 Å². The van der Waals surface area contributed by atoms with Crippen LogP contribution in [0.15, 0.2) is 24.3 Å². The summed E-state index contributed by atoms with van der Waals surface area (Å²) in [5.74, 6) is 2.69. The van der Waals surface area contributed by atoms with E-state index in [0.717, 1.165) is 17.5 Å². The normalized spacial score (nSPS) is 13.9. The van der Waals surface area contributed by atoms with Gasteiger partial charge in [-0.1, -0.05) is 112 Å². The third-order valence-electron chi connectivity index (χ3n) is 8.74. The second-order valence-electron chi connectivity index (χ2n) is 14.8. The minimum Gasteiger partial charge on any atom is -0.508 e. The van der Waals surface area contributed by atoms with Gasteiger partial charge in [0.2, 0.25) is 0 Å². The fourth-order valence-corrected chi connectivity index (χ4v) is 7.00. The number of hydrogen-bond donors (Lipinski definition) is 2. The van der Waals surface area contributed by atoms with E-state index < -0.39 is 0 Å². The summed E-state index contributed by atoms with van der Waals surface area (Å²) in [6.45, 7) is 22.0. The van der Waals surface area contributed by atoms with Crippen LogP contribution in [0.3, 0.4) is 0 Å². The highest BCUT2D eigenvalue weighted by molar-refractivity contribution is 7.99. The van der Waals surface area contributed by atoms with E-state index in [2.05, 4.69) is 93.1 Å². The molecule has 2 unspecified atom stereocenters. The zero-order valence-corrected chi connectivity index (χ0v) is 29.1. The minimum absolute atomic E-state index is 0.0316. The Kier molecular flexibility index (Phi) is 14.1. The number of benzene rings is 2. The quantitative estimate of drug-likeness (QED) is 0.193. The Morgan fingerprint density at radius 1 is 0.634 bits per heavy atom. The second kappa shape index (κ2) is 16.3. The molecule has 2 N–H and O–H groups in total. The predicted octanol–water partition coefficient (Wildman–Crippen LogP) is 11.7. The summed E-state index contributed by atoms with van der Waals surface area (Å²) in [4.78, 5) is 0. The van der Waals surface area contributed by atoms with Crippen molar-refractivity contribution in [2.24, 2.45) is 0 Å². The van der Waals surface area contributed by atoms with Gasteiger partial charge in [-0.2, -0.15) is 11.8 Å². The minimum atomic E-state index is -0.0339. The first-order chi connectivity index (χ1) is 19.1. The molecule has 3 heteroatoms. The summed E-state index contributed by atoms with van der Waals surface area (Å²) in [7, 11) is 0. The number of hydrogen-bond acceptors (Lipinski definition) is 3. The average molecular weight is 583 g/mol. The van der Waals surface area contributed by atoms with Gasteiger partial charge in [-0.15, -0.1) is 0 Å². The van der Waals surface area contributed by atoms with Crippen LogP contribution in [-0.4, -0.2) is 21.2 Å². The highest BCUT2D eigenvalue weighted by Crippen LogP contribution is 2.37. The molecule has 0 fully saturated rings. The first kappa shape index (κ1) is 35.6. The zero-order valence-electron chi connectivity index (χ0n) is 28.3. The van der Waals surface area contributed by atoms with Crippen LogP contribution in [0.4, 0.5) is 0 Å². The van der Waals surface area contributed by atoms with Crippen molar-refractivity contribution in [3.05, 3.63) is 57.6 Å². The lowest BCUT2D eigenvalue weighted by atomic mass is 9.81. The lowest BCUT2D eigenvalue weighted by Crippen LogP contribution is -2.13. The van der Waals surface area contributed by atoms with E-state index >= 15 is 0 Å². The molecule has 0 aromatic heterocycles. The Hall–Kier alpha value is -1.61. The van der Waals surface area contributed by atoms with Crippen LogP contribution < -0.4 is 0 Å². The van der Waals surface area contributed by atoms with Gasteiger partial charge in [0.1, 0.15) is 11.5 Å². The summed E-state index contributed by atoms with van der Waals surface area (Å²) in [6, 6.07) is 8.41. The number of aryl methyl sites for hydroxylation is 3. The van der Waals surface area contributed by atoms with Gasteiger partial charge in [-0.3, -0.25) is 0 Å². The molecule has 0 heterocycles. The molecule has 0 spiro atoms. The summed E-state index contributed by atoms with van der Waals surface area (Å²) in [5, 5.41) is 21.5.